The van der Waals surface area contributed by atoms with Crippen LogP contribution in [0.1, 0.15) is 10.4 Å². The molecule has 0 aliphatic rings. The number of rotatable bonds is 2. The molecule has 0 aromatic heterocycles. The second-order valence-corrected chi connectivity index (χ2v) is 4.41. The lowest BCUT2D eigenvalue weighted by Crippen LogP contribution is -1.97. The second kappa shape index (κ2) is 4.82. The van der Waals surface area contributed by atoms with Crippen molar-refractivity contribution >= 4 is 30.2 Å². The van der Waals surface area contributed by atoms with Crippen LogP contribution in [-0.4, -0.2) is 11.1 Å². The molecule has 0 atom stereocenters. The molecule has 0 spiro atoms. The second-order valence-electron chi connectivity index (χ2n) is 3.52. The number of hydrogen-bond donors (Lipinski definition) is 2. The van der Waals surface area contributed by atoms with Gasteiger partial charge in [-0.3, -0.25) is 0 Å². The smallest absolute Gasteiger partial charge is 0.336 e. The third kappa shape index (κ3) is 2.46. The molecule has 0 heterocycles. The number of thiol groups is 1. The lowest BCUT2D eigenvalue weighted by molar-refractivity contribution is 0.0693. The van der Waals surface area contributed by atoms with Gasteiger partial charge in [0.2, 0.25) is 0 Å². The zero-order valence-corrected chi connectivity index (χ0v) is 10.4. The Labute approximate surface area is 109 Å². The highest BCUT2D eigenvalue weighted by Gasteiger charge is 2.09. The monoisotopic (exact) mass is 264 g/mol. The number of carbonyl (C=O) groups is 1. The van der Waals surface area contributed by atoms with Gasteiger partial charge in [-0.05, 0) is 23.8 Å². The molecule has 0 amide bonds. The van der Waals surface area contributed by atoms with Crippen LogP contribution in [-0.2, 0) is 0 Å². The van der Waals surface area contributed by atoms with Gasteiger partial charge in [-0.1, -0.05) is 35.9 Å². The van der Waals surface area contributed by atoms with E-state index in [1.807, 2.05) is 18.2 Å². The number of aromatic carboxylic acids is 1. The maximum atomic E-state index is 10.9. The standard InChI is InChI=1S/C13H9ClO2S/c14-11-4-2-1-3-9(11)8-5-6-10(13(15)16)12(17)7-8/h1-7,17H,(H,15,16). The van der Waals surface area contributed by atoms with Crippen molar-refractivity contribution in [1.82, 2.24) is 0 Å². The Bertz CT molecular complexity index is 581. The highest BCUT2D eigenvalue weighted by atomic mass is 35.5. The van der Waals surface area contributed by atoms with E-state index in [1.165, 1.54) is 6.07 Å². The number of hydrogen-bond acceptors (Lipinski definition) is 2. The van der Waals surface area contributed by atoms with Crippen LogP contribution in [0.2, 0.25) is 5.02 Å². The van der Waals surface area contributed by atoms with Gasteiger partial charge in [0, 0.05) is 15.5 Å². The molecule has 86 valence electrons. The average molecular weight is 265 g/mol. The minimum Gasteiger partial charge on any atom is -0.478 e. The van der Waals surface area contributed by atoms with Crippen LogP contribution in [0, 0.1) is 0 Å². The average Bonchev–Trinajstić information content (AvgIpc) is 2.29. The fourth-order valence-corrected chi connectivity index (χ4v) is 2.13. The highest BCUT2D eigenvalue weighted by Crippen LogP contribution is 2.30. The summed E-state index contributed by atoms with van der Waals surface area (Å²) in [7, 11) is 0. The molecule has 0 radical (unpaired) electrons. The SMILES string of the molecule is O=C(O)c1ccc(-c2ccccc2Cl)cc1S. The largest absolute Gasteiger partial charge is 0.478 e. The fourth-order valence-electron chi connectivity index (χ4n) is 1.58. The summed E-state index contributed by atoms with van der Waals surface area (Å²) in [4.78, 5) is 11.3. The summed E-state index contributed by atoms with van der Waals surface area (Å²) in [6.45, 7) is 0. The molecule has 2 aromatic rings. The summed E-state index contributed by atoms with van der Waals surface area (Å²) in [5.74, 6) is -0.985. The maximum absolute atomic E-state index is 10.9. The van der Waals surface area contributed by atoms with E-state index in [4.69, 9.17) is 16.7 Å². The first kappa shape index (κ1) is 12.0. The molecule has 2 aromatic carbocycles. The van der Waals surface area contributed by atoms with Gasteiger partial charge in [0.15, 0.2) is 0 Å². The predicted molar refractivity (Wildman–Crippen MR) is 71.1 cm³/mol. The molecule has 2 rings (SSSR count). The number of halogens is 1. The van der Waals surface area contributed by atoms with E-state index in [9.17, 15) is 4.79 Å². The Balaban J connectivity index is 2.52. The van der Waals surface area contributed by atoms with E-state index in [1.54, 1.807) is 18.2 Å². The van der Waals surface area contributed by atoms with Gasteiger partial charge in [-0.25, -0.2) is 4.79 Å². The van der Waals surface area contributed by atoms with Crippen LogP contribution >= 0.6 is 24.2 Å². The topological polar surface area (TPSA) is 37.3 Å². The van der Waals surface area contributed by atoms with Crippen LogP contribution in [0.25, 0.3) is 11.1 Å². The molecule has 4 heteroatoms. The molecule has 0 unspecified atom stereocenters. The Hall–Kier alpha value is -1.45. The zero-order valence-electron chi connectivity index (χ0n) is 8.72. The van der Waals surface area contributed by atoms with Gasteiger partial charge < -0.3 is 5.11 Å². The van der Waals surface area contributed by atoms with Crippen molar-refractivity contribution in [1.29, 1.82) is 0 Å². The minimum absolute atomic E-state index is 0.184. The van der Waals surface area contributed by atoms with Gasteiger partial charge in [0.1, 0.15) is 0 Å². The van der Waals surface area contributed by atoms with Crippen LogP contribution in [0.4, 0.5) is 0 Å². The number of carboxylic acid groups (broad SMARTS) is 1. The maximum Gasteiger partial charge on any atom is 0.336 e. The summed E-state index contributed by atoms with van der Waals surface area (Å²) in [6.07, 6.45) is 0. The van der Waals surface area contributed by atoms with E-state index in [0.29, 0.717) is 9.92 Å². The van der Waals surface area contributed by atoms with Gasteiger partial charge >= 0.3 is 5.97 Å². The van der Waals surface area contributed by atoms with Crippen molar-refractivity contribution < 1.29 is 9.90 Å². The van der Waals surface area contributed by atoms with Crippen LogP contribution in [0.3, 0.4) is 0 Å². The molecule has 1 N–H and O–H groups in total. The summed E-state index contributed by atoms with van der Waals surface area (Å²) in [5, 5.41) is 9.53. The first-order valence-electron chi connectivity index (χ1n) is 4.91. The minimum atomic E-state index is -0.985. The van der Waals surface area contributed by atoms with Gasteiger partial charge in [-0.15, -0.1) is 12.6 Å². The van der Waals surface area contributed by atoms with Gasteiger partial charge in [0.05, 0.1) is 5.56 Å². The van der Waals surface area contributed by atoms with Gasteiger partial charge in [0.25, 0.3) is 0 Å². The first-order valence-corrected chi connectivity index (χ1v) is 5.73. The van der Waals surface area contributed by atoms with Crippen molar-refractivity contribution in [3.8, 4) is 11.1 Å². The van der Waals surface area contributed by atoms with E-state index < -0.39 is 5.97 Å². The molecule has 2 nitrogen and oxygen atoms in total. The summed E-state index contributed by atoms with van der Waals surface area (Å²) in [5.41, 5.74) is 1.90. The normalized spacial score (nSPS) is 10.2. The quantitative estimate of drug-likeness (QED) is 0.805. The Morgan fingerprint density at radius 2 is 1.88 bits per heavy atom. The molecule has 0 saturated heterocycles. The molecular weight excluding hydrogens is 256 g/mol. The zero-order chi connectivity index (χ0) is 12.4. The number of benzene rings is 2. The van der Waals surface area contributed by atoms with Gasteiger partial charge in [-0.2, -0.15) is 0 Å². The molecule has 17 heavy (non-hydrogen) atoms. The van der Waals surface area contributed by atoms with Crippen molar-refractivity contribution in [2.24, 2.45) is 0 Å². The highest BCUT2D eigenvalue weighted by molar-refractivity contribution is 7.80. The van der Waals surface area contributed by atoms with Crippen molar-refractivity contribution in [2.75, 3.05) is 0 Å². The summed E-state index contributed by atoms with van der Waals surface area (Å²) < 4.78 is 0. The number of carboxylic acids is 1. The van der Waals surface area contributed by atoms with E-state index >= 15 is 0 Å². The predicted octanol–water partition coefficient (Wildman–Crippen LogP) is 3.99. The molecule has 0 aliphatic heterocycles. The Kier molecular flexibility index (Phi) is 3.41. The van der Waals surface area contributed by atoms with E-state index in [2.05, 4.69) is 12.6 Å². The Morgan fingerprint density at radius 1 is 1.18 bits per heavy atom. The summed E-state index contributed by atoms with van der Waals surface area (Å²) >= 11 is 10.2. The molecule has 0 saturated carbocycles. The third-order valence-corrected chi connectivity index (χ3v) is 3.11. The lowest BCUT2D eigenvalue weighted by Gasteiger charge is -2.06. The first-order chi connectivity index (χ1) is 8.09. The van der Waals surface area contributed by atoms with Crippen molar-refractivity contribution in [3.05, 3.63) is 53.1 Å². The third-order valence-electron chi connectivity index (χ3n) is 2.41. The van der Waals surface area contributed by atoms with E-state index in [0.717, 1.165) is 11.1 Å². The molecule has 0 fully saturated rings. The van der Waals surface area contributed by atoms with E-state index in [-0.39, 0.29) is 5.56 Å². The van der Waals surface area contributed by atoms with Crippen LogP contribution in [0.15, 0.2) is 47.4 Å². The molecule has 0 aliphatic carbocycles. The van der Waals surface area contributed by atoms with Crippen molar-refractivity contribution in [2.45, 2.75) is 4.90 Å². The van der Waals surface area contributed by atoms with Crippen molar-refractivity contribution in [3.63, 3.8) is 0 Å². The summed E-state index contributed by atoms with van der Waals surface area (Å²) in [6, 6.07) is 12.4. The molecule has 0 bridgehead atoms. The lowest BCUT2D eigenvalue weighted by atomic mass is 10.0. The Morgan fingerprint density at radius 3 is 2.47 bits per heavy atom. The fraction of sp³-hybridized carbons (Fsp3) is 0. The van der Waals surface area contributed by atoms with Crippen LogP contribution < -0.4 is 0 Å². The van der Waals surface area contributed by atoms with Crippen LogP contribution in [0.5, 0.6) is 0 Å². The molecular formula is C13H9ClO2S.